The molecule has 0 saturated heterocycles. The molecule has 0 radical (unpaired) electrons. The van der Waals surface area contributed by atoms with Crippen LogP contribution in [0.1, 0.15) is 155 Å². The fraction of sp³-hybridized carbons (Fsp3) is 0.889. The summed E-state index contributed by atoms with van der Waals surface area (Å²) in [4.78, 5) is 35.0. The maximum atomic E-state index is 12.5. The van der Waals surface area contributed by atoms with Crippen molar-refractivity contribution in [2.75, 3.05) is 47.5 Å². The minimum Gasteiger partial charge on any atom is -0.462 e. The van der Waals surface area contributed by atoms with Gasteiger partial charge in [0.15, 0.2) is 6.10 Å². The van der Waals surface area contributed by atoms with Gasteiger partial charge in [-0.2, -0.15) is 0 Å². The molecule has 0 aliphatic heterocycles. The van der Waals surface area contributed by atoms with E-state index in [2.05, 4.69) is 26.0 Å². The molecule has 2 atom stereocenters. The van der Waals surface area contributed by atoms with Gasteiger partial charge in [-0.15, -0.1) is 0 Å². The van der Waals surface area contributed by atoms with Crippen LogP contribution in [0, 0.1) is 0 Å². The lowest BCUT2D eigenvalue weighted by Crippen LogP contribution is -2.37. The molecule has 0 bridgehead atoms. The standard InChI is InChI=1S/C36H70NO8P/c1-6-8-10-12-14-16-17-18-19-21-22-24-26-28-35(38)42-32-34(33-44-46(40,41)43-31-30-37(3,4)5)45-36(39)29-27-25-23-20-15-13-11-9-7-2/h18-19,34H,6-17,20-33H2,1-5H3/p+1/b19-18+/t34-/m1/s1. The van der Waals surface area contributed by atoms with Gasteiger partial charge in [0.2, 0.25) is 0 Å². The van der Waals surface area contributed by atoms with Crippen molar-refractivity contribution in [3.63, 3.8) is 0 Å². The number of rotatable bonds is 33. The molecular weight excluding hydrogens is 605 g/mol. The Morgan fingerprint density at radius 3 is 1.63 bits per heavy atom. The van der Waals surface area contributed by atoms with E-state index in [0.717, 1.165) is 44.9 Å². The first-order chi connectivity index (χ1) is 22.0. The molecule has 46 heavy (non-hydrogen) atoms. The molecule has 9 nitrogen and oxygen atoms in total. The summed E-state index contributed by atoms with van der Waals surface area (Å²) >= 11 is 0. The van der Waals surface area contributed by atoms with Gasteiger partial charge < -0.3 is 18.9 Å². The second-order valence-electron chi connectivity index (χ2n) is 13.6. The van der Waals surface area contributed by atoms with Gasteiger partial charge in [0.1, 0.15) is 19.8 Å². The lowest BCUT2D eigenvalue weighted by Gasteiger charge is -2.24. The Hall–Kier alpha value is -1.25. The van der Waals surface area contributed by atoms with Crippen molar-refractivity contribution in [3.05, 3.63) is 12.2 Å². The average molecular weight is 677 g/mol. The Morgan fingerprint density at radius 2 is 1.11 bits per heavy atom. The molecule has 0 aromatic carbocycles. The third-order valence-electron chi connectivity index (χ3n) is 7.80. The zero-order valence-electron chi connectivity index (χ0n) is 30.3. The van der Waals surface area contributed by atoms with Gasteiger partial charge in [-0.05, 0) is 38.5 Å². The number of allylic oxidation sites excluding steroid dienone is 2. The third kappa shape index (κ3) is 32.7. The number of likely N-dealkylation sites (N-methyl/N-ethyl adjacent to an activating group) is 1. The molecule has 0 rings (SSSR count). The van der Waals surface area contributed by atoms with Crippen molar-refractivity contribution >= 4 is 19.8 Å². The molecule has 0 spiro atoms. The van der Waals surface area contributed by atoms with E-state index in [9.17, 15) is 19.0 Å². The van der Waals surface area contributed by atoms with E-state index in [4.69, 9.17) is 18.5 Å². The van der Waals surface area contributed by atoms with Crippen LogP contribution in [0.25, 0.3) is 0 Å². The Morgan fingerprint density at radius 1 is 0.652 bits per heavy atom. The normalized spacial score (nSPS) is 14.0. The molecule has 1 N–H and O–H groups in total. The number of phosphoric ester groups is 1. The zero-order chi connectivity index (χ0) is 34.4. The Labute approximate surface area is 282 Å². The molecule has 1 unspecified atom stereocenters. The highest BCUT2D eigenvalue weighted by atomic mass is 31.2. The Bertz CT molecular complexity index is 814. The highest BCUT2D eigenvalue weighted by molar-refractivity contribution is 7.47. The fourth-order valence-corrected chi connectivity index (χ4v) is 5.57. The summed E-state index contributed by atoms with van der Waals surface area (Å²) < 4.78 is 34.0. The van der Waals surface area contributed by atoms with Crippen LogP contribution in [0.5, 0.6) is 0 Å². The topological polar surface area (TPSA) is 108 Å². The first-order valence-electron chi connectivity index (χ1n) is 18.4. The molecule has 272 valence electrons. The number of hydrogen-bond donors (Lipinski definition) is 1. The van der Waals surface area contributed by atoms with Crippen molar-refractivity contribution in [2.24, 2.45) is 0 Å². The highest BCUT2D eigenvalue weighted by Crippen LogP contribution is 2.43. The van der Waals surface area contributed by atoms with Gasteiger partial charge in [0.05, 0.1) is 27.7 Å². The van der Waals surface area contributed by atoms with E-state index in [0.29, 0.717) is 17.4 Å². The van der Waals surface area contributed by atoms with Crippen LogP contribution >= 0.6 is 7.82 Å². The van der Waals surface area contributed by atoms with Crippen molar-refractivity contribution in [1.29, 1.82) is 0 Å². The monoisotopic (exact) mass is 676 g/mol. The first kappa shape index (κ1) is 44.8. The Kier molecular flexibility index (Phi) is 29.0. The van der Waals surface area contributed by atoms with Crippen molar-refractivity contribution in [1.82, 2.24) is 0 Å². The summed E-state index contributed by atoms with van der Waals surface area (Å²) in [6.07, 6.45) is 26.9. The maximum absolute atomic E-state index is 12.5. The van der Waals surface area contributed by atoms with Crippen LogP contribution in [0.15, 0.2) is 12.2 Å². The third-order valence-corrected chi connectivity index (χ3v) is 8.78. The fourth-order valence-electron chi connectivity index (χ4n) is 4.83. The lowest BCUT2D eigenvalue weighted by molar-refractivity contribution is -0.870. The molecular formula is C36H71NO8P+. The molecule has 0 saturated carbocycles. The van der Waals surface area contributed by atoms with E-state index >= 15 is 0 Å². The highest BCUT2D eigenvalue weighted by Gasteiger charge is 2.27. The Balaban J connectivity index is 4.46. The number of nitrogens with zero attached hydrogens (tertiary/aromatic N) is 1. The number of hydrogen-bond acceptors (Lipinski definition) is 7. The number of carbonyl (C=O) groups excluding carboxylic acids is 2. The second kappa shape index (κ2) is 29.9. The average Bonchev–Trinajstić information content (AvgIpc) is 2.99. The SMILES string of the molecule is CCCCCCCC/C=C/CCCCCC(=O)OC[C@H](COP(=O)(O)OCC[N+](C)(C)C)OC(=O)CCCCCCCCCCC. The number of quaternary nitrogens is 1. The summed E-state index contributed by atoms with van der Waals surface area (Å²) in [7, 11) is 1.47. The van der Waals surface area contributed by atoms with Gasteiger partial charge in [-0.25, -0.2) is 4.57 Å². The van der Waals surface area contributed by atoms with Crippen molar-refractivity contribution in [3.8, 4) is 0 Å². The second-order valence-corrected chi connectivity index (χ2v) is 15.1. The summed E-state index contributed by atoms with van der Waals surface area (Å²) in [6.45, 7) is 4.36. The minimum atomic E-state index is -4.36. The molecule has 10 heteroatoms. The predicted molar refractivity (Wildman–Crippen MR) is 188 cm³/mol. The van der Waals surface area contributed by atoms with Crippen LogP contribution < -0.4 is 0 Å². The summed E-state index contributed by atoms with van der Waals surface area (Å²) in [5.74, 6) is -0.819. The van der Waals surface area contributed by atoms with Crippen LogP contribution in [0.4, 0.5) is 0 Å². The van der Waals surface area contributed by atoms with E-state index in [1.807, 2.05) is 21.1 Å². The number of unbranched alkanes of at least 4 members (excludes halogenated alkanes) is 17. The number of esters is 2. The summed E-state index contributed by atoms with van der Waals surface area (Å²) in [5.41, 5.74) is 0. The largest absolute Gasteiger partial charge is 0.472 e. The molecule has 0 aromatic rings. The smallest absolute Gasteiger partial charge is 0.462 e. The van der Waals surface area contributed by atoms with Gasteiger partial charge in [0, 0.05) is 12.8 Å². The zero-order valence-corrected chi connectivity index (χ0v) is 31.2. The van der Waals surface area contributed by atoms with Gasteiger partial charge in [0.25, 0.3) is 0 Å². The molecule has 0 aliphatic carbocycles. The van der Waals surface area contributed by atoms with Gasteiger partial charge >= 0.3 is 19.8 Å². The van der Waals surface area contributed by atoms with Crippen LogP contribution in [-0.4, -0.2) is 74.9 Å². The van der Waals surface area contributed by atoms with Crippen LogP contribution in [0.3, 0.4) is 0 Å². The number of carbonyl (C=O) groups is 2. The van der Waals surface area contributed by atoms with E-state index in [1.165, 1.54) is 77.0 Å². The van der Waals surface area contributed by atoms with E-state index < -0.39 is 26.5 Å². The molecule has 0 aliphatic rings. The molecule has 0 amide bonds. The van der Waals surface area contributed by atoms with E-state index in [1.54, 1.807) is 0 Å². The van der Waals surface area contributed by atoms with Crippen molar-refractivity contribution in [2.45, 2.75) is 161 Å². The number of phosphoric acid groups is 1. The van der Waals surface area contributed by atoms with Crippen LogP contribution in [-0.2, 0) is 32.7 Å². The van der Waals surface area contributed by atoms with Gasteiger partial charge in [-0.1, -0.05) is 116 Å². The summed E-state index contributed by atoms with van der Waals surface area (Å²) in [5, 5.41) is 0. The molecule has 0 fully saturated rings. The summed E-state index contributed by atoms with van der Waals surface area (Å²) in [6, 6.07) is 0. The predicted octanol–water partition coefficient (Wildman–Crippen LogP) is 9.46. The van der Waals surface area contributed by atoms with Gasteiger partial charge in [-0.3, -0.25) is 18.6 Å². The lowest BCUT2D eigenvalue weighted by atomic mass is 10.1. The number of ether oxygens (including phenoxy) is 2. The quantitative estimate of drug-likeness (QED) is 0.0241. The van der Waals surface area contributed by atoms with Crippen LogP contribution in [0.2, 0.25) is 0 Å². The van der Waals surface area contributed by atoms with E-state index in [-0.39, 0.29) is 32.0 Å². The molecule has 0 heterocycles. The minimum absolute atomic E-state index is 0.0320. The maximum Gasteiger partial charge on any atom is 0.472 e. The van der Waals surface area contributed by atoms with Crippen molar-refractivity contribution < 1.29 is 42.1 Å². The first-order valence-corrected chi connectivity index (χ1v) is 19.9. The molecule has 0 aromatic heterocycles.